The summed E-state index contributed by atoms with van der Waals surface area (Å²) in [5.41, 5.74) is 2.96. The van der Waals surface area contributed by atoms with Gasteiger partial charge in [0.25, 0.3) is 23.6 Å². The molecule has 13 heteroatoms. The second-order valence-corrected chi connectivity index (χ2v) is 14.5. The molecule has 3 aliphatic heterocycles. The van der Waals surface area contributed by atoms with Gasteiger partial charge in [-0.2, -0.15) is 0 Å². The van der Waals surface area contributed by atoms with E-state index >= 15 is 0 Å². The van der Waals surface area contributed by atoms with Crippen molar-refractivity contribution < 1.29 is 43.3 Å². The minimum absolute atomic E-state index is 0.103. The number of benzene rings is 6. The third kappa shape index (κ3) is 7.63. The predicted molar refractivity (Wildman–Crippen MR) is 232 cm³/mol. The van der Waals surface area contributed by atoms with E-state index in [1.165, 1.54) is 15.9 Å². The van der Waals surface area contributed by atoms with Crippen LogP contribution in [-0.2, 0) is 4.74 Å². The molecule has 0 aliphatic carbocycles. The highest BCUT2D eigenvalue weighted by molar-refractivity contribution is 9.11. The zero-order valence-electron chi connectivity index (χ0n) is 31.3. The Kier molecular flexibility index (Phi) is 12.8. The average molecular weight is 919 g/mol. The lowest BCUT2D eigenvalue weighted by Gasteiger charge is -2.26. The van der Waals surface area contributed by atoms with E-state index < -0.39 is 11.9 Å². The zero-order chi connectivity index (χ0) is 42.5. The van der Waals surface area contributed by atoms with Gasteiger partial charge in [-0.25, -0.2) is 9.59 Å². The molecule has 11 nitrogen and oxygen atoms in total. The summed E-state index contributed by atoms with van der Waals surface area (Å²) >= 11 is 6.85. The van der Waals surface area contributed by atoms with Gasteiger partial charge in [0.05, 0.1) is 17.7 Å². The van der Waals surface area contributed by atoms with E-state index in [1.807, 2.05) is 24.3 Å². The van der Waals surface area contributed by atoms with Gasteiger partial charge in [0.2, 0.25) is 0 Å². The third-order valence-electron chi connectivity index (χ3n) is 9.48. The number of esters is 2. The lowest BCUT2D eigenvalue weighted by Crippen LogP contribution is -2.40. The van der Waals surface area contributed by atoms with Crippen LogP contribution in [0.4, 0.5) is 0 Å². The number of hydrogen-bond donors (Lipinski definition) is 1. The van der Waals surface area contributed by atoms with E-state index in [0.29, 0.717) is 55.3 Å². The van der Waals surface area contributed by atoms with Crippen LogP contribution in [0.3, 0.4) is 0 Å². The fraction of sp³-hybridized carbons (Fsp3) is 0.0870. The second kappa shape index (κ2) is 17.9. The Hall–Kier alpha value is -6.54. The van der Waals surface area contributed by atoms with E-state index in [-0.39, 0.29) is 49.9 Å². The van der Waals surface area contributed by atoms with E-state index in [2.05, 4.69) is 62.9 Å². The Morgan fingerprint density at radius 3 is 1.39 bits per heavy atom. The molecule has 0 atom stereocenters. The average Bonchev–Trinajstić information content (AvgIpc) is 3.25. The monoisotopic (exact) mass is 916 g/mol. The van der Waals surface area contributed by atoms with Crippen LogP contribution in [0.5, 0.6) is 5.75 Å². The molecule has 0 saturated carbocycles. The number of imide groups is 2. The van der Waals surface area contributed by atoms with Crippen LogP contribution in [0.25, 0.3) is 32.3 Å². The summed E-state index contributed by atoms with van der Waals surface area (Å²) in [6.07, 6.45) is 3.08. The topological polar surface area (TPSA) is 148 Å². The van der Waals surface area contributed by atoms with Gasteiger partial charge in [0, 0.05) is 65.8 Å². The molecule has 296 valence electrons. The van der Waals surface area contributed by atoms with E-state index in [0.717, 1.165) is 25.1 Å². The van der Waals surface area contributed by atoms with Crippen molar-refractivity contribution in [3.05, 3.63) is 172 Å². The minimum atomic E-state index is -0.582. The van der Waals surface area contributed by atoms with Crippen LogP contribution in [-0.4, -0.2) is 76.8 Å². The van der Waals surface area contributed by atoms with Gasteiger partial charge in [0.15, 0.2) is 0 Å². The van der Waals surface area contributed by atoms with Crippen molar-refractivity contribution in [1.29, 1.82) is 0 Å². The number of amides is 4. The predicted octanol–water partition coefficient (Wildman–Crippen LogP) is 9.09. The first kappa shape index (κ1) is 42.1. The first-order valence-electron chi connectivity index (χ1n) is 17.9. The Morgan fingerprint density at radius 1 is 0.542 bits per heavy atom. The highest BCUT2D eigenvalue weighted by atomic mass is 79.9. The number of rotatable bonds is 7. The van der Waals surface area contributed by atoms with Crippen molar-refractivity contribution in [3.63, 3.8) is 0 Å². The Labute approximate surface area is 355 Å². The van der Waals surface area contributed by atoms with Crippen molar-refractivity contribution in [1.82, 2.24) is 9.80 Å². The van der Waals surface area contributed by atoms with Crippen LogP contribution in [0, 0.1) is 0 Å². The number of hydrogen-bond acceptors (Lipinski definition) is 9. The van der Waals surface area contributed by atoms with Gasteiger partial charge in [-0.1, -0.05) is 80.4 Å². The van der Waals surface area contributed by atoms with Crippen molar-refractivity contribution in [2.45, 2.75) is 0 Å². The van der Waals surface area contributed by atoms with Crippen LogP contribution in [0.2, 0.25) is 0 Å². The first-order valence-corrected chi connectivity index (χ1v) is 19.5. The maximum atomic E-state index is 12.5. The molecule has 1 N–H and O–H groups in total. The lowest BCUT2D eigenvalue weighted by molar-refractivity contribution is 0.0389. The van der Waals surface area contributed by atoms with E-state index in [9.17, 15) is 28.8 Å². The van der Waals surface area contributed by atoms with Gasteiger partial charge in [-0.3, -0.25) is 29.0 Å². The molecule has 0 spiro atoms. The number of halogens is 2. The fourth-order valence-corrected chi connectivity index (χ4v) is 7.93. The van der Waals surface area contributed by atoms with Crippen LogP contribution < -0.4 is 4.74 Å². The second-order valence-electron chi connectivity index (χ2n) is 12.8. The van der Waals surface area contributed by atoms with Crippen molar-refractivity contribution in [2.75, 3.05) is 26.3 Å². The van der Waals surface area contributed by atoms with Gasteiger partial charge in [0.1, 0.15) is 12.4 Å². The number of cyclic esters (lactones) is 2. The molecule has 3 aliphatic rings. The normalized spacial score (nSPS) is 13.5. The summed E-state index contributed by atoms with van der Waals surface area (Å²) in [4.78, 5) is 75.2. The summed E-state index contributed by atoms with van der Waals surface area (Å²) in [5, 5.41) is 13.3. The number of nitrogens with zero attached hydrogens (tertiary/aromatic N) is 2. The third-order valence-corrected chi connectivity index (χ3v) is 10.9. The SMILES string of the molecule is C=C.C=CCN1C(=O)c2cccc3c(Br)ccc(c23)C1=O.C=CCN1C(=O)c2cccc3c(OCCO)ccc(c23)C1=O.O=C1OC(=O)c2ccc(Br)c3cccc1c23. The molecular weight excluding hydrogens is 884 g/mol. The Morgan fingerprint density at radius 2 is 0.915 bits per heavy atom. The van der Waals surface area contributed by atoms with Gasteiger partial charge in [-0.05, 0) is 65.4 Å². The van der Waals surface area contributed by atoms with Gasteiger partial charge >= 0.3 is 11.9 Å². The molecule has 0 bridgehead atoms. The minimum Gasteiger partial charge on any atom is -0.491 e. The molecule has 0 fully saturated rings. The zero-order valence-corrected chi connectivity index (χ0v) is 34.5. The molecule has 59 heavy (non-hydrogen) atoms. The smallest absolute Gasteiger partial charge is 0.346 e. The summed E-state index contributed by atoms with van der Waals surface area (Å²) in [5.74, 6) is -1.80. The largest absolute Gasteiger partial charge is 0.491 e. The number of carbonyl (C=O) groups excluding carboxylic acids is 6. The van der Waals surface area contributed by atoms with Crippen molar-refractivity contribution in [2.24, 2.45) is 0 Å². The summed E-state index contributed by atoms with van der Waals surface area (Å²) in [6, 6.07) is 26.4. The highest BCUT2D eigenvalue weighted by Gasteiger charge is 2.34. The van der Waals surface area contributed by atoms with Crippen LogP contribution in [0.1, 0.15) is 62.1 Å². The molecule has 6 aromatic carbocycles. The molecule has 0 saturated heterocycles. The maximum Gasteiger partial charge on any atom is 0.346 e. The highest BCUT2D eigenvalue weighted by Crippen LogP contribution is 2.37. The molecule has 6 aromatic rings. The summed E-state index contributed by atoms with van der Waals surface area (Å²) in [6.45, 7) is 13.6. The fourth-order valence-electron chi connectivity index (χ4n) is 7.01. The quantitative estimate of drug-likeness (QED) is 0.0717. The maximum absolute atomic E-state index is 12.5. The van der Waals surface area contributed by atoms with Crippen molar-refractivity contribution in [3.8, 4) is 5.75 Å². The van der Waals surface area contributed by atoms with Gasteiger partial charge in [-0.15, -0.1) is 26.3 Å². The number of carbonyl (C=O) groups is 6. The molecule has 0 unspecified atom stereocenters. The van der Waals surface area contributed by atoms with E-state index in [1.54, 1.807) is 72.8 Å². The number of aliphatic hydroxyl groups excluding tert-OH is 1. The number of aliphatic hydroxyl groups is 1. The molecule has 4 amide bonds. The van der Waals surface area contributed by atoms with Crippen LogP contribution in [0.15, 0.2) is 138 Å². The summed E-state index contributed by atoms with van der Waals surface area (Å²) < 4.78 is 11.9. The van der Waals surface area contributed by atoms with E-state index in [4.69, 9.17) is 9.84 Å². The molecule has 3 heterocycles. The lowest BCUT2D eigenvalue weighted by atomic mass is 9.93. The number of ether oxygens (including phenoxy) is 2. The Balaban J connectivity index is 0.000000147. The molecular formula is C46H34Br2N2O9. The molecule has 0 aromatic heterocycles. The Bertz CT molecular complexity index is 2720. The molecule has 0 radical (unpaired) electrons. The molecule has 9 rings (SSSR count). The standard InChI is InChI=1S/C17H15NO4.C15H10BrNO2.C12H5BrO3.C2H4/c1-2-8-18-16(20)12-5-3-4-11-14(22-10-9-19)7-6-13(15(11)12)17(18)21;1-2-8-17-14(18)10-5-3-4-9-12(16)7-6-11(13(9)10)15(17)19;13-9-5-4-8-10-6(9)2-1-3-7(10)11(14)16-12(8)15;1-2/h2-7,19H,1,8-10H2;2-7H,1,8H2;1-5H;1-2H2. The summed E-state index contributed by atoms with van der Waals surface area (Å²) in [7, 11) is 0. The van der Waals surface area contributed by atoms with Gasteiger partial charge < -0.3 is 14.6 Å². The van der Waals surface area contributed by atoms with Crippen LogP contribution >= 0.6 is 31.9 Å². The van der Waals surface area contributed by atoms with Crippen molar-refractivity contribution >= 4 is 99.7 Å². The first-order chi connectivity index (χ1) is 28.5.